The highest BCUT2D eigenvalue weighted by Gasteiger charge is 2.30. The van der Waals surface area contributed by atoms with Crippen molar-refractivity contribution >= 4 is 5.91 Å². The topological polar surface area (TPSA) is 65.4 Å². The second-order valence-electron chi connectivity index (χ2n) is 5.59. The molecule has 1 aliphatic rings. The number of furan rings is 1. The Morgan fingerprint density at radius 2 is 2.41 bits per heavy atom. The summed E-state index contributed by atoms with van der Waals surface area (Å²) in [6.45, 7) is 5.48. The number of nitrogens with zero attached hydrogens (tertiary/aromatic N) is 3. The first-order chi connectivity index (χ1) is 10.8. The van der Waals surface area contributed by atoms with Crippen LogP contribution in [0.25, 0.3) is 0 Å². The van der Waals surface area contributed by atoms with E-state index in [-0.39, 0.29) is 11.9 Å². The minimum Gasteiger partial charge on any atom is -0.472 e. The third-order valence-corrected chi connectivity index (χ3v) is 4.29. The molecule has 2 aromatic heterocycles. The molecule has 1 N–H and O–H groups in total. The number of carbonyl (C=O) groups is 1. The van der Waals surface area contributed by atoms with Crippen LogP contribution in [0.5, 0.6) is 0 Å². The quantitative estimate of drug-likeness (QED) is 0.915. The summed E-state index contributed by atoms with van der Waals surface area (Å²) in [4.78, 5) is 24.3. The minimum atomic E-state index is 0.159. The van der Waals surface area contributed by atoms with Crippen LogP contribution in [0.2, 0.25) is 0 Å². The first-order valence-electron chi connectivity index (χ1n) is 7.80. The maximum Gasteiger partial charge on any atom is 0.223 e. The van der Waals surface area contributed by atoms with Gasteiger partial charge in [0.2, 0.25) is 5.91 Å². The lowest BCUT2D eigenvalue weighted by Crippen LogP contribution is -2.50. The summed E-state index contributed by atoms with van der Waals surface area (Å²) in [6.07, 6.45) is 8.21. The van der Waals surface area contributed by atoms with Gasteiger partial charge in [0.05, 0.1) is 18.6 Å². The number of H-pyrrole nitrogens is 1. The van der Waals surface area contributed by atoms with E-state index in [9.17, 15) is 4.79 Å². The molecule has 1 atom stereocenters. The van der Waals surface area contributed by atoms with E-state index >= 15 is 0 Å². The van der Waals surface area contributed by atoms with Gasteiger partial charge in [-0.2, -0.15) is 0 Å². The summed E-state index contributed by atoms with van der Waals surface area (Å²) < 4.78 is 5.04. The second kappa shape index (κ2) is 6.79. The van der Waals surface area contributed by atoms with Crippen LogP contribution in [0, 0.1) is 0 Å². The fourth-order valence-electron chi connectivity index (χ4n) is 2.99. The molecule has 0 radical (unpaired) electrons. The first-order valence-corrected chi connectivity index (χ1v) is 7.80. The predicted octanol–water partition coefficient (Wildman–Crippen LogP) is 1.84. The molecule has 0 bridgehead atoms. The molecule has 2 aromatic rings. The molecule has 1 amide bonds. The van der Waals surface area contributed by atoms with Crippen molar-refractivity contribution in [2.75, 3.05) is 26.2 Å². The summed E-state index contributed by atoms with van der Waals surface area (Å²) in [5.41, 5.74) is 1.07. The normalized spacial score (nSPS) is 19.5. The molecule has 0 spiro atoms. The zero-order valence-corrected chi connectivity index (χ0v) is 12.9. The SMILES string of the molecule is CCN1CCN(C(=O)CCc2ccoc2)C[C@@H]1c1ncc[nH]1. The smallest absolute Gasteiger partial charge is 0.223 e. The van der Waals surface area contributed by atoms with Crippen molar-refractivity contribution in [1.82, 2.24) is 19.8 Å². The standard InChI is InChI=1S/C16H22N4O2/c1-2-19-8-9-20(11-14(19)16-17-6-7-18-16)15(21)4-3-13-5-10-22-12-13/h5-7,10,12,14H,2-4,8-9,11H2,1H3,(H,17,18)/t14-/m1/s1. The summed E-state index contributed by atoms with van der Waals surface area (Å²) in [5.74, 6) is 1.14. The van der Waals surface area contributed by atoms with Crippen LogP contribution in [0.4, 0.5) is 0 Å². The van der Waals surface area contributed by atoms with Crippen molar-refractivity contribution in [3.05, 3.63) is 42.4 Å². The van der Waals surface area contributed by atoms with Crippen LogP contribution in [-0.4, -0.2) is 51.9 Å². The molecule has 3 rings (SSSR count). The van der Waals surface area contributed by atoms with Crippen LogP contribution in [0.1, 0.15) is 30.8 Å². The molecule has 0 unspecified atom stereocenters. The molecule has 3 heterocycles. The van der Waals surface area contributed by atoms with Gasteiger partial charge in [-0.1, -0.05) is 6.92 Å². The van der Waals surface area contributed by atoms with Crippen LogP contribution < -0.4 is 0 Å². The summed E-state index contributed by atoms with van der Waals surface area (Å²) >= 11 is 0. The zero-order valence-electron chi connectivity index (χ0n) is 12.9. The number of hydrogen-bond donors (Lipinski definition) is 1. The number of aryl methyl sites for hydroxylation is 1. The van der Waals surface area contributed by atoms with Gasteiger partial charge in [0.25, 0.3) is 0 Å². The monoisotopic (exact) mass is 302 g/mol. The van der Waals surface area contributed by atoms with Gasteiger partial charge < -0.3 is 14.3 Å². The molecular formula is C16H22N4O2. The van der Waals surface area contributed by atoms with Crippen molar-refractivity contribution < 1.29 is 9.21 Å². The van der Waals surface area contributed by atoms with Crippen molar-refractivity contribution in [3.63, 3.8) is 0 Å². The number of rotatable bonds is 5. The van der Waals surface area contributed by atoms with Crippen LogP contribution in [0.15, 0.2) is 35.4 Å². The van der Waals surface area contributed by atoms with Crippen LogP contribution in [0.3, 0.4) is 0 Å². The maximum absolute atomic E-state index is 12.4. The molecule has 1 saturated heterocycles. The number of amides is 1. The third-order valence-electron chi connectivity index (χ3n) is 4.29. The number of hydrogen-bond acceptors (Lipinski definition) is 4. The molecule has 0 saturated carbocycles. The molecule has 22 heavy (non-hydrogen) atoms. The predicted molar refractivity (Wildman–Crippen MR) is 82.2 cm³/mol. The molecule has 0 aromatic carbocycles. The maximum atomic E-state index is 12.4. The van der Waals surface area contributed by atoms with Crippen molar-refractivity contribution in [2.24, 2.45) is 0 Å². The summed E-state index contributed by atoms with van der Waals surface area (Å²) in [5, 5.41) is 0. The fourth-order valence-corrected chi connectivity index (χ4v) is 2.99. The van der Waals surface area contributed by atoms with Gasteiger partial charge in [-0.25, -0.2) is 4.98 Å². The van der Waals surface area contributed by atoms with E-state index in [0.717, 1.165) is 37.4 Å². The van der Waals surface area contributed by atoms with Gasteiger partial charge in [0.1, 0.15) is 5.82 Å². The Labute approximate surface area is 130 Å². The van der Waals surface area contributed by atoms with E-state index in [0.29, 0.717) is 13.0 Å². The largest absolute Gasteiger partial charge is 0.472 e. The van der Waals surface area contributed by atoms with Gasteiger partial charge in [0.15, 0.2) is 0 Å². The van der Waals surface area contributed by atoms with Gasteiger partial charge >= 0.3 is 0 Å². The van der Waals surface area contributed by atoms with E-state index in [1.165, 1.54) is 0 Å². The number of piperazine rings is 1. The Kier molecular flexibility index (Phi) is 4.58. The van der Waals surface area contributed by atoms with E-state index in [1.807, 2.05) is 17.2 Å². The van der Waals surface area contributed by atoms with Gasteiger partial charge in [-0.05, 0) is 24.6 Å². The lowest BCUT2D eigenvalue weighted by Gasteiger charge is -2.40. The summed E-state index contributed by atoms with van der Waals surface area (Å²) in [6, 6.07) is 2.07. The number of nitrogens with one attached hydrogen (secondary N) is 1. The molecule has 1 fully saturated rings. The lowest BCUT2D eigenvalue weighted by atomic mass is 10.1. The Balaban J connectivity index is 1.61. The number of likely N-dealkylation sites (N-methyl/N-ethyl adjacent to an activating group) is 1. The Bertz CT molecular complexity index is 579. The fraction of sp³-hybridized carbons (Fsp3) is 0.500. The molecule has 118 valence electrons. The Morgan fingerprint density at radius 3 is 3.09 bits per heavy atom. The van der Waals surface area contributed by atoms with Crippen molar-refractivity contribution in [1.29, 1.82) is 0 Å². The lowest BCUT2D eigenvalue weighted by molar-refractivity contribution is -0.134. The zero-order chi connectivity index (χ0) is 15.4. The highest BCUT2D eigenvalue weighted by atomic mass is 16.3. The van der Waals surface area contributed by atoms with Crippen molar-refractivity contribution in [3.8, 4) is 0 Å². The number of aromatic amines is 1. The molecule has 1 aliphatic heterocycles. The minimum absolute atomic E-state index is 0.159. The highest BCUT2D eigenvalue weighted by Crippen LogP contribution is 2.23. The van der Waals surface area contributed by atoms with E-state index < -0.39 is 0 Å². The first kappa shape index (κ1) is 14.8. The molecular weight excluding hydrogens is 280 g/mol. The third kappa shape index (κ3) is 3.22. The van der Waals surface area contributed by atoms with Crippen molar-refractivity contribution in [2.45, 2.75) is 25.8 Å². The van der Waals surface area contributed by atoms with E-state index in [2.05, 4.69) is 21.8 Å². The van der Waals surface area contributed by atoms with Gasteiger partial charge in [-0.15, -0.1) is 0 Å². The van der Waals surface area contributed by atoms with Crippen LogP contribution in [-0.2, 0) is 11.2 Å². The number of aromatic nitrogens is 2. The summed E-state index contributed by atoms with van der Waals surface area (Å²) in [7, 11) is 0. The van der Waals surface area contributed by atoms with Gasteiger partial charge in [0, 0.05) is 38.4 Å². The van der Waals surface area contributed by atoms with E-state index in [4.69, 9.17) is 4.42 Å². The van der Waals surface area contributed by atoms with Crippen LogP contribution >= 0.6 is 0 Å². The molecule has 6 nitrogen and oxygen atoms in total. The van der Waals surface area contributed by atoms with E-state index in [1.54, 1.807) is 18.7 Å². The molecule has 0 aliphatic carbocycles. The second-order valence-corrected chi connectivity index (χ2v) is 5.59. The highest BCUT2D eigenvalue weighted by molar-refractivity contribution is 5.76. The average Bonchev–Trinajstić information content (AvgIpc) is 3.25. The number of imidazole rings is 1. The number of carbonyl (C=O) groups excluding carboxylic acids is 1. The average molecular weight is 302 g/mol. The Morgan fingerprint density at radius 1 is 1.50 bits per heavy atom. The Hall–Kier alpha value is -2.08. The van der Waals surface area contributed by atoms with Gasteiger partial charge in [-0.3, -0.25) is 9.69 Å². The molecule has 6 heteroatoms.